The summed E-state index contributed by atoms with van der Waals surface area (Å²) in [5.41, 5.74) is 0.218. The van der Waals surface area contributed by atoms with Crippen LogP contribution in [0.1, 0.15) is 15.9 Å². The number of benzene rings is 2. The molecule has 3 rings (SSSR count). The summed E-state index contributed by atoms with van der Waals surface area (Å²) in [4.78, 5) is 12.5. The maximum absolute atomic E-state index is 12.5. The standard InChI is InChI=1S/C22H24O11/c1-31-14-6-3-10(8-13(14)25)2-5-12(24)11-4-7-15(18(27)17(11)26)32-22-21(30)20(29)19(28)16(9-23)33-22/h2-8,16,19-23,25-30H,9H2,1H3/t16-,19-,20+,21-,22-/m1/s1. The first kappa shape index (κ1) is 24.3. The van der Waals surface area contributed by atoms with Gasteiger partial charge in [-0.3, -0.25) is 4.79 Å². The number of allylic oxidation sites excluding steroid dienone is 1. The van der Waals surface area contributed by atoms with E-state index in [4.69, 9.17) is 14.2 Å². The van der Waals surface area contributed by atoms with Crippen molar-refractivity contribution < 1.29 is 54.8 Å². The first-order valence-electron chi connectivity index (χ1n) is 9.79. The van der Waals surface area contributed by atoms with Crippen molar-refractivity contribution in [3.05, 3.63) is 47.5 Å². The predicted octanol–water partition coefficient (Wildman–Crippen LogP) is -0.113. The fourth-order valence-corrected chi connectivity index (χ4v) is 3.22. The van der Waals surface area contributed by atoms with E-state index in [9.17, 15) is 40.5 Å². The number of ether oxygens (including phenoxy) is 3. The monoisotopic (exact) mass is 464 g/mol. The van der Waals surface area contributed by atoms with Crippen LogP contribution in [-0.4, -0.2) is 86.0 Å². The molecule has 1 saturated heterocycles. The van der Waals surface area contributed by atoms with Crippen molar-refractivity contribution in [2.75, 3.05) is 13.7 Å². The minimum Gasteiger partial charge on any atom is -0.504 e. The van der Waals surface area contributed by atoms with Crippen molar-refractivity contribution in [1.82, 2.24) is 0 Å². The first-order valence-corrected chi connectivity index (χ1v) is 9.79. The Bertz CT molecular complexity index is 1030. The third kappa shape index (κ3) is 5.02. The zero-order chi connectivity index (χ0) is 24.3. The molecule has 1 heterocycles. The molecule has 5 atom stereocenters. The molecule has 33 heavy (non-hydrogen) atoms. The van der Waals surface area contributed by atoms with Crippen molar-refractivity contribution in [2.24, 2.45) is 0 Å². The van der Waals surface area contributed by atoms with Crippen LogP contribution in [0.4, 0.5) is 0 Å². The number of methoxy groups -OCH3 is 1. The van der Waals surface area contributed by atoms with Gasteiger partial charge in [-0.1, -0.05) is 12.1 Å². The number of rotatable bonds is 7. The van der Waals surface area contributed by atoms with Gasteiger partial charge in [-0.15, -0.1) is 0 Å². The molecule has 0 spiro atoms. The average Bonchev–Trinajstić information content (AvgIpc) is 2.80. The van der Waals surface area contributed by atoms with Gasteiger partial charge >= 0.3 is 0 Å². The molecule has 1 aliphatic heterocycles. The Labute approximate surface area is 188 Å². The van der Waals surface area contributed by atoms with Gasteiger partial charge in [0.15, 0.2) is 28.8 Å². The predicted molar refractivity (Wildman–Crippen MR) is 112 cm³/mol. The summed E-state index contributed by atoms with van der Waals surface area (Å²) in [5.74, 6) is -2.54. The highest BCUT2D eigenvalue weighted by Crippen LogP contribution is 2.40. The summed E-state index contributed by atoms with van der Waals surface area (Å²) in [7, 11) is 1.40. The number of ketones is 1. The normalized spacial score (nSPS) is 25.2. The molecule has 2 aromatic carbocycles. The van der Waals surface area contributed by atoms with Gasteiger partial charge in [0.05, 0.1) is 19.3 Å². The third-order valence-corrected chi connectivity index (χ3v) is 5.10. The average molecular weight is 464 g/mol. The summed E-state index contributed by atoms with van der Waals surface area (Å²) in [6.45, 7) is -0.673. The van der Waals surface area contributed by atoms with Crippen LogP contribution in [0.15, 0.2) is 36.4 Å². The van der Waals surface area contributed by atoms with Crippen LogP contribution < -0.4 is 9.47 Å². The van der Waals surface area contributed by atoms with E-state index < -0.39 is 54.6 Å². The molecule has 0 aromatic heterocycles. The summed E-state index contributed by atoms with van der Waals surface area (Å²) < 4.78 is 15.4. The molecule has 2 aromatic rings. The lowest BCUT2D eigenvalue weighted by atomic mass is 9.99. The lowest BCUT2D eigenvalue weighted by Gasteiger charge is -2.39. The molecule has 178 valence electrons. The van der Waals surface area contributed by atoms with E-state index >= 15 is 0 Å². The highest BCUT2D eigenvalue weighted by molar-refractivity contribution is 6.09. The molecule has 7 N–H and O–H groups in total. The van der Waals surface area contributed by atoms with Gasteiger partial charge in [-0.25, -0.2) is 0 Å². The van der Waals surface area contributed by atoms with Crippen LogP contribution in [0.2, 0.25) is 0 Å². The molecule has 0 radical (unpaired) electrons. The number of phenols is 3. The van der Waals surface area contributed by atoms with Gasteiger partial charge in [-0.2, -0.15) is 0 Å². The molecular weight excluding hydrogens is 440 g/mol. The van der Waals surface area contributed by atoms with Gasteiger partial charge < -0.3 is 50.0 Å². The van der Waals surface area contributed by atoms with Crippen LogP contribution in [0.3, 0.4) is 0 Å². The van der Waals surface area contributed by atoms with Crippen LogP contribution in [0, 0.1) is 0 Å². The molecule has 1 aliphatic rings. The number of carbonyl (C=O) groups excluding carboxylic acids is 1. The van der Waals surface area contributed by atoms with Crippen molar-refractivity contribution in [2.45, 2.75) is 30.7 Å². The van der Waals surface area contributed by atoms with Crippen LogP contribution in [0.25, 0.3) is 6.08 Å². The Hall–Kier alpha value is -3.35. The number of hydrogen-bond acceptors (Lipinski definition) is 11. The summed E-state index contributed by atoms with van der Waals surface area (Å²) in [6.07, 6.45) is -5.33. The van der Waals surface area contributed by atoms with E-state index in [1.165, 1.54) is 25.3 Å². The molecule has 0 amide bonds. The fourth-order valence-electron chi connectivity index (χ4n) is 3.22. The molecule has 11 nitrogen and oxygen atoms in total. The second-order valence-corrected chi connectivity index (χ2v) is 7.25. The van der Waals surface area contributed by atoms with Gasteiger partial charge in [0.1, 0.15) is 24.4 Å². The van der Waals surface area contributed by atoms with Crippen LogP contribution >= 0.6 is 0 Å². The molecule has 1 fully saturated rings. The molecule has 0 unspecified atom stereocenters. The Morgan fingerprint density at radius 1 is 1.00 bits per heavy atom. The summed E-state index contributed by atoms with van der Waals surface area (Å²) in [5, 5.41) is 69.2. The highest BCUT2D eigenvalue weighted by Gasteiger charge is 2.45. The van der Waals surface area contributed by atoms with Crippen molar-refractivity contribution >= 4 is 11.9 Å². The van der Waals surface area contributed by atoms with Crippen molar-refractivity contribution in [1.29, 1.82) is 0 Å². The molecule has 11 heteroatoms. The van der Waals surface area contributed by atoms with E-state index in [0.717, 1.165) is 18.2 Å². The Morgan fingerprint density at radius 3 is 2.33 bits per heavy atom. The molecular formula is C22H24O11. The van der Waals surface area contributed by atoms with Gasteiger partial charge in [-0.05, 0) is 35.9 Å². The number of carbonyl (C=O) groups is 1. The second-order valence-electron chi connectivity index (χ2n) is 7.25. The molecule has 0 aliphatic carbocycles. The number of hydrogen-bond donors (Lipinski definition) is 7. The van der Waals surface area contributed by atoms with Crippen LogP contribution in [0.5, 0.6) is 28.7 Å². The third-order valence-electron chi connectivity index (χ3n) is 5.10. The maximum atomic E-state index is 12.5. The summed E-state index contributed by atoms with van der Waals surface area (Å²) >= 11 is 0. The topological polar surface area (TPSA) is 186 Å². The van der Waals surface area contributed by atoms with E-state index in [-0.39, 0.29) is 22.8 Å². The van der Waals surface area contributed by atoms with E-state index in [0.29, 0.717) is 5.56 Å². The van der Waals surface area contributed by atoms with E-state index in [1.54, 1.807) is 6.07 Å². The van der Waals surface area contributed by atoms with Gasteiger partial charge in [0.2, 0.25) is 12.0 Å². The van der Waals surface area contributed by atoms with Crippen molar-refractivity contribution in [3.63, 3.8) is 0 Å². The lowest BCUT2D eigenvalue weighted by molar-refractivity contribution is -0.277. The molecule has 0 saturated carbocycles. The highest BCUT2D eigenvalue weighted by atomic mass is 16.7. The zero-order valence-electron chi connectivity index (χ0n) is 17.4. The Kier molecular flexibility index (Phi) is 7.41. The number of aromatic hydroxyl groups is 3. The Morgan fingerprint density at radius 2 is 1.70 bits per heavy atom. The van der Waals surface area contributed by atoms with Crippen molar-refractivity contribution in [3.8, 4) is 28.7 Å². The Balaban J connectivity index is 1.77. The maximum Gasteiger partial charge on any atom is 0.229 e. The number of phenolic OH excluding ortho intramolecular Hbond substituents is 3. The lowest BCUT2D eigenvalue weighted by Crippen LogP contribution is -2.60. The summed E-state index contributed by atoms with van der Waals surface area (Å²) in [6, 6.07) is 6.77. The minimum absolute atomic E-state index is 0.123. The smallest absolute Gasteiger partial charge is 0.229 e. The number of aliphatic hydroxyl groups excluding tert-OH is 4. The number of aliphatic hydroxyl groups is 4. The largest absolute Gasteiger partial charge is 0.504 e. The first-order chi connectivity index (χ1) is 15.7. The minimum atomic E-state index is -1.73. The van der Waals surface area contributed by atoms with E-state index in [2.05, 4.69) is 0 Å². The fraction of sp³-hybridized carbons (Fsp3) is 0.318. The quantitative estimate of drug-likeness (QED) is 0.165. The van der Waals surface area contributed by atoms with Crippen LogP contribution in [-0.2, 0) is 4.74 Å². The van der Waals surface area contributed by atoms with E-state index in [1.807, 2.05) is 0 Å². The van der Waals surface area contributed by atoms with Gasteiger partial charge in [0.25, 0.3) is 0 Å². The van der Waals surface area contributed by atoms with Gasteiger partial charge in [0, 0.05) is 0 Å². The second kappa shape index (κ2) is 10.1. The molecule has 0 bridgehead atoms. The zero-order valence-corrected chi connectivity index (χ0v) is 17.4. The SMILES string of the molecule is COc1ccc(C=CC(=O)c2ccc(O[C@@H]3O[C@H](CO)[C@@H](O)[C@H](O)[C@H]3O)c(O)c2O)cc1O.